The first-order valence-corrected chi connectivity index (χ1v) is 36.2. The summed E-state index contributed by atoms with van der Waals surface area (Å²) in [7, 11) is -13.8. The Bertz CT molecular complexity index is 529. The average Bonchev–Trinajstić information content (AvgIpc) is 2.32. The van der Waals surface area contributed by atoms with E-state index in [2.05, 4.69) is 135 Å². The van der Waals surface area contributed by atoms with Crippen LogP contribution in [0.1, 0.15) is 0 Å². The molecule has 0 atom stereocenters. The molecule has 0 amide bonds. The molecule has 0 bridgehead atoms. The zero-order valence-electron chi connectivity index (χ0n) is 24.0. The average molecular weight is 594 g/mol. The summed E-state index contributed by atoms with van der Waals surface area (Å²) in [6.45, 7) is 44.1. The van der Waals surface area contributed by atoms with Gasteiger partial charge in [-0.15, -0.1) is 22.2 Å². The molecule has 0 heterocycles. The number of nitrogens with zero attached hydrogens (tertiary/aromatic N) is 4. The maximum absolute atomic E-state index is 7.88. The Hall–Kier alpha value is 1.94. The fourth-order valence-corrected chi connectivity index (χ4v) is 56.7. The van der Waals surface area contributed by atoms with E-state index in [9.17, 15) is 0 Å². The fraction of sp³-hybridized carbons (Fsp3) is 1.00. The largest absolute Gasteiger partial charge is 0.420 e. The minimum atomic E-state index is -3.07. The molecule has 0 aliphatic heterocycles. The van der Waals surface area contributed by atoms with Crippen LogP contribution in [0.3, 0.4) is 0 Å². The summed E-state index contributed by atoms with van der Waals surface area (Å²) in [5.41, 5.74) is 0. The molecule has 0 saturated carbocycles. The normalized spacial score (nSPS) is 16.3. The van der Waals surface area contributed by atoms with Gasteiger partial charge in [0.05, 0.1) is 0 Å². The van der Waals surface area contributed by atoms with Crippen molar-refractivity contribution in [3.63, 3.8) is 0 Å². The van der Waals surface area contributed by atoms with E-state index in [1.54, 1.807) is 0 Å². The number of hydrogen-bond acceptors (Lipinski definition) is 4. The van der Waals surface area contributed by atoms with Gasteiger partial charge in [-0.2, -0.15) is 0 Å². The fourth-order valence-electron chi connectivity index (χ4n) is 4.95. The van der Waals surface area contributed by atoms with Crippen molar-refractivity contribution in [1.29, 1.82) is 0 Å². The van der Waals surface area contributed by atoms with Crippen LogP contribution in [0.4, 0.5) is 0 Å². The van der Waals surface area contributed by atoms with Crippen molar-refractivity contribution in [3.8, 4) is 0 Å². The highest BCUT2D eigenvalue weighted by molar-refractivity contribution is 7.46. The topological polar surface area (TPSA) is 13.0 Å². The monoisotopic (exact) mass is 592 g/mol. The number of halogens is 2. The van der Waals surface area contributed by atoms with E-state index < -0.39 is 56.4 Å². The molecule has 31 heavy (non-hydrogen) atoms. The summed E-state index contributed by atoms with van der Waals surface area (Å²) in [4.78, 5) is 0. The Kier molecular flexibility index (Phi) is 10.4. The predicted octanol–water partition coefficient (Wildman–Crippen LogP) is 7.95. The van der Waals surface area contributed by atoms with Crippen molar-refractivity contribution in [2.45, 2.75) is 118 Å². The van der Waals surface area contributed by atoms with Crippen LogP contribution in [0, 0.1) is 0 Å². The number of hydrazine groups is 2. The minimum absolute atomic E-state index is 1.72. The lowest BCUT2D eigenvalue weighted by Gasteiger charge is -2.65. The molecule has 0 fully saturated rings. The second kappa shape index (κ2) is 9.77. The van der Waals surface area contributed by atoms with Crippen molar-refractivity contribution >= 4 is 78.6 Å². The quantitative estimate of drug-likeness (QED) is 0.145. The molecule has 0 saturated heterocycles. The van der Waals surface area contributed by atoms with Gasteiger partial charge in [-0.1, -0.05) is 118 Å². The molecule has 188 valence electrons. The van der Waals surface area contributed by atoms with Crippen LogP contribution in [0.25, 0.3) is 0 Å². The lowest BCUT2D eigenvalue weighted by atomic mass is 11.8. The summed E-state index contributed by atoms with van der Waals surface area (Å²) in [5.74, 6) is 0. The van der Waals surface area contributed by atoms with Gasteiger partial charge in [0.25, 0.3) is 0 Å². The highest BCUT2D eigenvalue weighted by atomic mass is 35.7. The first-order chi connectivity index (χ1) is 13.0. The number of rotatable bonds is 10. The van der Waals surface area contributed by atoms with Crippen LogP contribution in [-0.2, 0) is 0 Å². The van der Waals surface area contributed by atoms with Crippen molar-refractivity contribution < 1.29 is 0 Å². The van der Waals surface area contributed by atoms with Gasteiger partial charge in [0, 0.05) is 0 Å². The highest BCUT2D eigenvalue weighted by Crippen LogP contribution is 2.42. The zero-order valence-corrected chi connectivity index (χ0v) is 32.6. The maximum Gasteiger partial charge on any atom is 0.420 e. The first kappa shape index (κ1) is 32.9. The van der Waals surface area contributed by atoms with Gasteiger partial charge in [-0.25, -0.2) is 0 Å². The Morgan fingerprint density at radius 2 is 0.419 bits per heavy atom. The third kappa shape index (κ3) is 8.53. The maximum atomic E-state index is 7.88. The van der Waals surface area contributed by atoms with E-state index in [1.807, 2.05) is 0 Å². The Labute approximate surface area is 212 Å². The summed E-state index contributed by atoms with van der Waals surface area (Å²) in [6, 6.07) is 0. The smallest absolute Gasteiger partial charge is 0.293 e. The second-order valence-electron chi connectivity index (χ2n) is 14.8. The summed E-state index contributed by atoms with van der Waals surface area (Å²) in [6.07, 6.45) is 0. The van der Waals surface area contributed by atoms with Gasteiger partial charge < -0.3 is 0 Å². The lowest BCUT2D eigenvalue weighted by molar-refractivity contribution is 0.286. The SMILES string of the molecule is C[Si](C)(C)N(N([Si](C)(C)C)[Si](Cl)(Cl)N(N([Si](C)(C)C)[Si](C)(C)C)[Si](C)(C)C)[Si](C)(C)C. The van der Waals surface area contributed by atoms with Gasteiger partial charge in [0.1, 0.15) is 49.4 Å². The van der Waals surface area contributed by atoms with Crippen LogP contribution in [0.15, 0.2) is 0 Å². The highest BCUT2D eigenvalue weighted by Gasteiger charge is 2.61. The van der Waals surface area contributed by atoms with Gasteiger partial charge in [0.2, 0.25) is 0 Å². The van der Waals surface area contributed by atoms with Crippen LogP contribution in [0.2, 0.25) is 118 Å². The van der Waals surface area contributed by atoms with Gasteiger partial charge in [0.15, 0.2) is 0 Å². The van der Waals surface area contributed by atoms with Crippen molar-refractivity contribution in [1.82, 2.24) is 17.4 Å². The molecule has 0 unspecified atom stereocenters. The molecule has 0 aromatic carbocycles. The molecule has 4 nitrogen and oxygen atoms in total. The third-order valence-corrected chi connectivity index (χ3v) is 34.2. The Balaban J connectivity index is 7.35. The zero-order chi connectivity index (χ0) is 25.8. The van der Waals surface area contributed by atoms with E-state index in [1.165, 1.54) is 0 Å². The lowest BCUT2D eigenvalue weighted by Crippen LogP contribution is -2.86. The minimum Gasteiger partial charge on any atom is -0.293 e. The molecular formula is C18H54Cl2N4Si7. The molecule has 0 aromatic heterocycles. The predicted molar refractivity (Wildman–Crippen MR) is 165 cm³/mol. The van der Waals surface area contributed by atoms with Gasteiger partial charge in [-0.05, 0) is 0 Å². The standard InChI is InChI=1S/C18H54Cl2N4Si7/c1-25(2,3)21(26(4,5)6)23(29(13,14)15)31(19,20)24(30(16,17)18)22(27(7,8)9)28(10,11)12/h1-18H3. The third-order valence-electron chi connectivity index (χ3n) is 4.72. The molecule has 13 heteroatoms. The Morgan fingerprint density at radius 3 is 0.516 bits per heavy atom. The van der Waals surface area contributed by atoms with Crippen LogP contribution >= 0.6 is 22.2 Å². The number of hydrogen-bond donors (Lipinski definition) is 0. The van der Waals surface area contributed by atoms with Crippen LogP contribution < -0.4 is 0 Å². The molecule has 0 rings (SSSR count). The van der Waals surface area contributed by atoms with Crippen molar-refractivity contribution in [2.24, 2.45) is 0 Å². The first-order valence-electron chi connectivity index (χ1n) is 11.6. The molecule has 0 radical (unpaired) electrons. The van der Waals surface area contributed by atoms with Crippen LogP contribution in [-0.4, -0.2) is 73.8 Å². The summed E-state index contributed by atoms with van der Waals surface area (Å²) in [5, 5.41) is 0. The molecule has 0 spiro atoms. The molecule has 0 aliphatic carbocycles. The van der Waals surface area contributed by atoms with Gasteiger partial charge in [-0.3, -0.25) is 17.4 Å². The molecule has 0 aliphatic rings. The van der Waals surface area contributed by atoms with E-state index in [4.69, 9.17) is 22.2 Å². The van der Waals surface area contributed by atoms with Crippen molar-refractivity contribution in [3.05, 3.63) is 0 Å². The van der Waals surface area contributed by atoms with E-state index >= 15 is 0 Å². The van der Waals surface area contributed by atoms with Crippen molar-refractivity contribution in [2.75, 3.05) is 0 Å². The summed E-state index contributed by atoms with van der Waals surface area (Å²) < 4.78 is 10.9. The van der Waals surface area contributed by atoms with E-state index in [-0.39, 0.29) is 0 Å². The van der Waals surface area contributed by atoms with E-state index in [0.717, 1.165) is 0 Å². The molecule has 0 aromatic rings. The van der Waals surface area contributed by atoms with E-state index in [0.29, 0.717) is 0 Å². The molecule has 0 N–H and O–H groups in total. The van der Waals surface area contributed by atoms with Crippen LogP contribution in [0.5, 0.6) is 0 Å². The summed E-state index contributed by atoms with van der Waals surface area (Å²) >= 11 is 15.8. The Morgan fingerprint density at radius 1 is 0.290 bits per heavy atom. The van der Waals surface area contributed by atoms with Gasteiger partial charge >= 0.3 is 7.02 Å². The second-order valence-corrected chi connectivity index (χ2v) is 50.8. The molecular weight excluding hydrogens is 540 g/mol.